The SMILES string of the molecule is Cc1ccc(Cn2nc(-c3ccc(Cl)cc3)cc2C(=O)NN)cc1. The fourth-order valence-corrected chi connectivity index (χ4v) is 2.55. The number of carbonyl (C=O) groups is 1. The van der Waals surface area contributed by atoms with Gasteiger partial charge in [-0.1, -0.05) is 53.6 Å². The zero-order chi connectivity index (χ0) is 17.1. The van der Waals surface area contributed by atoms with Gasteiger partial charge in [0.1, 0.15) is 5.69 Å². The molecule has 0 fully saturated rings. The summed E-state index contributed by atoms with van der Waals surface area (Å²) in [6.07, 6.45) is 0. The van der Waals surface area contributed by atoms with Crippen LogP contribution < -0.4 is 11.3 Å². The lowest BCUT2D eigenvalue weighted by Gasteiger charge is -2.06. The maximum absolute atomic E-state index is 12.1. The number of nitrogens with zero attached hydrogens (tertiary/aromatic N) is 2. The Labute approximate surface area is 145 Å². The summed E-state index contributed by atoms with van der Waals surface area (Å²) in [5.41, 5.74) is 6.38. The molecule has 0 atom stereocenters. The van der Waals surface area contributed by atoms with Crippen molar-refractivity contribution in [1.82, 2.24) is 15.2 Å². The fourth-order valence-electron chi connectivity index (χ4n) is 2.42. The van der Waals surface area contributed by atoms with E-state index in [0.717, 1.165) is 11.1 Å². The summed E-state index contributed by atoms with van der Waals surface area (Å²) < 4.78 is 1.65. The summed E-state index contributed by atoms with van der Waals surface area (Å²) in [7, 11) is 0. The third-order valence-corrected chi connectivity index (χ3v) is 3.99. The predicted octanol–water partition coefficient (Wildman–Crippen LogP) is 3.16. The van der Waals surface area contributed by atoms with Gasteiger partial charge in [-0.2, -0.15) is 5.10 Å². The molecular weight excluding hydrogens is 324 g/mol. The van der Waals surface area contributed by atoms with Gasteiger partial charge in [-0.3, -0.25) is 14.9 Å². The Morgan fingerprint density at radius 2 is 1.83 bits per heavy atom. The van der Waals surface area contributed by atoms with E-state index in [1.165, 1.54) is 5.56 Å². The molecule has 24 heavy (non-hydrogen) atoms. The smallest absolute Gasteiger partial charge is 0.283 e. The Bertz CT molecular complexity index is 854. The number of nitrogens with one attached hydrogen (secondary N) is 1. The van der Waals surface area contributed by atoms with Gasteiger partial charge in [0.2, 0.25) is 0 Å². The number of hydrogen-bond acceptors (Lipinski definition) is 3. The molecular formula is C18H17ClN4O. The summed E-state index contributed by atoms with van der Waals surface area (Å²) in [5, 5.41) is 5.20. The minimum absolute atomic E-state index is 0.380. The van der Waals surface area contributed by atoms with E-state index in [9.17, 15) is 4.79 Å². The van der Waals surface area contributed by atoms with Crippen molar-refractivity contribution in [3.63, 3.8) is 0 Å². The van der Waals surface area contributed by atoms with Crippen LogP contribution in [0.15, 0.2) is 54.6 Å². The Morgan fingerprint density at radius 1 is 1.17 bits per heavy atom. The minimum atomic E-state index is -0.380. The molecule has 1 amide bonds. The average molecular weight is 341 g/mol. The van der Waals surface area contributed by atoms with Crippen LogP contribution in [-0.2, 0) is 6.54 Å². The normalized spacial score (nSPS) is 10.6. The van der Waals surface area contributed by atoms with E-state index < -0.39 is 0 Å². The number of nitrogens with two attached hydrogens (primary N) is 1. The monoisotopic (exact) mass is 340 g/mol. The third kappa shape index (κ3) is 3.48. The number of halogens is 1. The number of aryl methyl sites for hydroxylation is 1. The van der Waals surface area contributed by atoms with Crippen molar-refractivity contribution in [2.24, 2.45) is 5.84 Å². The highest BCUT2D eigenvalue weighted by Crippen LogP contribution is 2.22. The van der Waals surface area contributed by atoms with Gasteiger partial charge in [-0.25, -0.2) is 5.84 Å². The van der Waals surface area contributed by atoms with Crippen molar-refractivity contribution < 1.29 is 4.79 Å². The average Bonchev–Trinajstić information content (AvgIpc) is 3.00. The Kier molecular flexibility index (Phi) is 4.64. The van der Waals surface area contributed by atoms with Crippen LogP contribution in [0, 0.1) is 6.92 Å². The van der Waals surface area contributed by atoms with Crippen molar-refractivity contribution in [3.8, 4) is 11.3 Å². The van der Waals surface area contributed by atoms with E-state index in [4.69, 9.17) is 17.4 Å². The lowest BCUT2D eigenvalue weighted by molar-refractivity contribution is 0.0943. The molecule has 0 aliphatic rings. The fraction of sp³-hybridized carbons (Fsp3) is 0.111. The molecule has 1 aromatic heterocycles. The number of amides is 1. The van der Waals surface area contributed by atoms with Gasteiger partial charge in [-0.05, 0) is 30.7 Å². The van der Waals surface area contributed by atoms with Gasteiger partial charge < -0.3 is 0 Å². The molecule has 3 N–H and O–H groups in total. The first-order valence-electron chi connectivity index (χ1n) is 7.47. The van der Waals surface area contributed by atoms with Crippen LogP contribution in [-0.4, -0.2) is 15.7 Å². The molecule has 2 aromatic carbocycles. The molecule has 0 spiro atoms. The molecule has 0 aliphatic heterocycles. The Balaban J connectivity index is 1.98. The topological polar surface area (TPSA) is 72.9 Å². The molecule has 0 unspecified atom stereocenters. The summed E-state index contributed by atoms with van der Waals surface area (Å²) in [6, 6.07) is 17.1. The second kappa shape index (κ2) is 6.86. The first-order valence-corrected chi connectivity index (χ1v) is 7.85. The highest BCUT2D eigenvalue weighted by Gasteiger charge is 2.15. The van der Waals surface area contributed by atoms with Gasteiger partial charge in [0.15, 0.2) is 0 Å². The lowest BCUT2D eigenvalue weighted by atomic mass is 10.1. The van der Waals surface area contributed by atoms with Crippen LogP contribution in [0.25, 0.3) is 11.3 Å². The molecule has 0 bridgehead atoms. The minimum Gasteiger partial charge on any atom is -0.289 e. The predicted molar refractivity (Wildman–Crippen MR) is 94.6 cm³/mol. The maximum atomic E-state index is 12.1. The second-order valence-electron chi connectivity index (χ2n) is 5.54. The number of nitrogen functional groups attached to an aromatic ring is 1. The van der Waals surface area contributed by atoms with E-state index in [1.54, 1.807) is 22.9 Å². The van der Waals surface area contributed by atoms with Gasteiger partial charge in [0, 0.05) is 10.6 Å². The van der Waals surface area contributed by atoms with Crippen molar-refractivity contribution in [2.75, 3.05) is 0 Å². The summed E-state index contributed by atoms with van der Waals surface area (Å²) in [6.45, 7) is 2.51. The first kappa shape index (κ1) is 16.2. The summed E-state index contributed by atoms with van der Waals surface area (Å²) >= 11 is 5.92. The molecule has 0 aliphatic carbocycles. The van der Waals surface area contributed by atoms with Gasteiger partial charge in [0.05, 0.1) is 12.2 Å². The van der Waals surface area contributed by atoms with Gasteiger partial charge in [-0.15, -0.1) is 0 Å². The van der Waals surface area contributed by atoms with Crippen LogP contribution in [0.5, 0.6) is 0 Å². The largest absolute Gasteiger partial charge is 0.289 e. The van der Waals surface area contributed by atoms with Crippen LogP contribution in [0.1, 0.15) is 21.6 Å². The number of hydrogen-bond donors (Lipinski definition) is 2. The number of aromatic nitrogens is 2. The summed E-state index contributed by atoms with van der Waals surface area (Å²) in [4.78, 5) is 12.1. The molecule has 0 saturated heterocycles. The number of hydrazine groups is 1. The molecule has 0 saturated carbocycles. The maximum Gasteiger partial charge on any atom is 0.283 e. The lowest BCUT2D eigenvalue weighted by Crippen LogP contribution is -2.32. The van der Waals surface area contributed by atoms with Crippen molar-refractivity contribution in [3.05, 3.63) is 76.4 Å². The molecule has 1 heterocycles. The van der Waals surface area contributed by atoms with Crippen molar-refractivity contribution >= 4 is 17.5 Å². The quantitative estimate of drug-likeness (QED) is 0.435. The first-order chi connectivity index (χ1) is 11.6. The van der Waals surface area contributed by atoms with Crippen LogP contribution in [0.2, 0.25) is 5.02 Å². The van der Waals surface area contributed by atoms with E-state index >= 15 is 0 Å². The molecule has 0 radical (unpaired) electrons. The Morgan fingerprint density at radius 3 is 2.46 bits per heavy atom. The van der Waals surface area contributed by atoms with Crippen LogP contribution in [0.3, 0.4) is 0 Å². The zero-order valence-corrected chi connectivity index (χ0v) is 13.9. The number of benzene rings is 2. The zero-order valence-electron chi connectivity index (χ0n) is 13.2. The molecule has 122 valence electrons. The highest BCUT2D eigenvalue weighted by molar-refractivity contribution is 6.30. The number of rotatable bonds is 4. The molecule has 5 nitrogen and oxygen atoms in total. The highest BCUT2D eigenvalue weighted by atomic mass is 35.5. The molecule has 3 rings (SSSR count). The third-order valence-electron chi connectivity index (χ3n) is 3.74. The van der Waals surface area contributed by atoms with E-state index in [2.05, 4.69) is 10.5 Å². The van der Waals surface area contributed by atoms with Crippen LogP contribution >= 0.6 is 11.6 Å². The molecule has 6 heteroatoms. The van der Waals surface area contributed by atoms with E-state index in [-0.39, 0.29) is 5.91 Å². The summed E-state index contributed by atoms with van der Waals surface area (Å²) in [5.74, 6) is 4.92. The van der Waals surface area contributed by atoms with Gasteiger partial charge in [0.25, 0.3) is 5.91 Å². The van der Waals surface area contributed by atoms with Gasteiger partial charge >= 0.3 is 0 Å². The Hall–Kier alpha value is -2.63. The standard InChI is InChI=1S/C18H17ClN4O/c1-12-2-4-13(5-3-12)11-23-17(18(24)21-20)10-16(22-23)14-6-8-15(19)9-7-14/h2-10H,11,20H2,1H3,(H,21,24). The second-order valence-corrected chi connectivity index (χ2v) is 5.97. The van der Waals surface area contributed by atoms with E-state index in [1.807, 2.05) is 43.3 Å². The van der Waals surface area contributed by atoms with Crippen LogP contribution in [0.4, 0.5) is 0 Å². The van der Waals surface area contributed by atoms with Crippen molar-refractivity contribution in [2.45, 2.75) is 13.5 Å². The number of carbonyl (C=O) groups excluding carboxylic acids is 1. The van der Waals surface area contributed by atoms with E-state index in [0.29, 0.717) is 23.0 Å². The molecule has 3 aromatic rings. The van der Waals surface area contributed by atoms with Crippen molar-refractivity contribution in [1.29, 1.82) is 0 Å².